The second kappa shape index (κ2) is 14.1. The number of ether oxygens (including phenoxy) is 1. The van der Waals surface area contributed by atoms with Crippen LogP contribution in [0.25, 0.3) is 0 Å². The third-order valence-corrected chi connectivity index (χ3v) is 8.22. The zero-order valence-electron chi connectivity index (χ0n) is 24.3. The van der Waals surface area contributed by atoms with Crippen molar-refractivity contribution in [2.24, 2.45) is 5.92 Å². The first-order chi connectivity index (χ1) is 21.4. The third-order valence-electron chi connectivity index (χ3n) is 8.22. The third kappa shape index (κ3) is 8.65. The molecule has 0 radical (unpaired) electrons. The van der Waals surface area contributed by atoms with E-state index in [9.17, 15) is 36.6 Å². The molecule has 5 rings (SSSR count). The Bertz CT molecular complexity index is 1450. The van der Waals surface area contributed by atoms with E-state index in [-0.39, 0.29) is 43.5 Å². The number of carbonyl (C=O) groups is 2. The van der Waals surface area contributed by atoms with Crippen molar-refractivity contribution in [1.29, 1.82) is 0 Å². The molecule has 3 aromatic carbocycles. The van der Waals surface area contributed by atoms with E-state index in [0.717, 1.165) is 35.9 Å². The second-order valence-corrected chi connectivity index (χ2v) is 11.6. The van der Waals surface area contributed by atoms with E-state index in [0.29, 0.717) is 25.1 Å². The SMILES string of the molecule is O=C(N[C@@H](Cc1cc(F)cc(F)c1)[C@H](O)[C@H]1C[C@@H](OCc2ccccc2)CN1)C1CC(=O)N(Cc2ccc(C(F)(F)F)cc2)C1. The van der Waals surface area contributed by atoms with Crippen molar-refractivity contribution in [3.8, 4) is 0 Å². The van der Waals surface area contributed by atoms with E-state index < -0.39 is 53.4 Å². The molecule has 0 saturated carbocycles. The van der Waals surface area contributed by atoms with Gasteiger partial charge in [0.2, 0.25) is 11.8 Å². The monoisotopic (exact) mass is 631 g/mol. The fraction of sp³-hybridized carbons (Fsp3) is 0.394. The summed E-state index contributed by atoms with van der Waals surface area (Å²) in [7, 11) is 0. The molecule has 2 heterocycles. The molecule has 0 aromatic heterocycles. The minimum Gasteiger partial charge on any atom is -0.389 e. The fourth-order valence-electron chi connectivity index (χ4n) is 5.85. The van der Waals surface area contributed by atoms with Crippen LogP contribution in [0.3, 0.4) is 0 Å². The molecule has 3 aromatic rings. The van der Waals surface area contributed by atoms with Crippen molar-refractivity contribution in [3.05, 3.63) is 107 Å². The molecule has 0 spiro atoms. The predicted octanol–water partition coefficient (Wildman–Crippen LogP) is 4.37. The summed E-state index contributed by atoms with van der Waals surface area (Å²) in [5, 5.41) is 17.4. The van der Waals surface area contributed by atoms with Crippen LogP contribution in [0.2, 0.25) is 0 Å². The zero-order chi connectivity index (χ0) is 32.1. The van der Waals surface area contributed by atoms with Gasteiger partial charge >= 0.3 is 6.18 Å². The lowest BCUT2D eigenvalue weighted by Gasteiger charge is -2.29. The highest BCUT2D eigenvalue weighted by atomic mass is 19.4. The first-order valence-corrected chi connectivity index (χ1v) is 14.7. The van der Waals surface area contributed by atoms with Gasteiger partial charge in [-0.1, -0.05) is 42.5 Å². The van der Waals surface area contributed by atoms with E-state index in [2.05, 4.69) is 10.6 Å². The molecular formula is C33H34F5N3O4. The van der Waals surface area contributed by atoms with Crippen molar-refractivity contribution < 1.29 is 41.4 Å². The lowest BCUT2D eigenvalue weighted by Crippen LogP contribution is -2.53. The maximum atomic E-state index is 14.0. The summed E-state index contributed by atoms with van der Waals surface area (Å²) < 4.78 is 72.7. The number of nitrogens with zero attached hydrogens (tertiary/aromatic N) is 1. The Morgan fingerprint density at radius 2 is 1.69 bits per heavy atom. The Labute approximate surface area is 257 Å². The van der Waals surface area contributed by atoms with Gasteiger partial charge in [-0.3, -0.25) is 9.59 Å². The van der Waals surface area contributed by atoms with Crippen LogP contribution in [-0.2, 0) is 40.1 Å². The van der Waals surface area contributed by atoms with Crippen molar-refractivity contribution >= 4 is 11.8 Å². The molecule has 2 saturated heterocycles. The minimum absolute atomic E-state index is 0.0280. The molecule has 240 valence electrons. The highest BCUT2D eigenvalue weighted by Gasteiger charge is 2.39. The average molecular weight is 632 g/mol. The maximum absolute atomic E-state index is 14.0. The summed E-state index contributed by atoms with van der Waals surface area (Å²) in [5.41, 5.74) is 0.913. The van der Waals surface area contributed by atoms with Gasteiger partial charge in [0.05, 0.1) is 36.3 Å². The Kier molecular flexibility index (Phi) is 10.2. The number of nitrogens with one attached hydrogen (secondary N) is 2. The van der Waals surface area contributed by atoms with Gasteiger partial charge in [0.15, 0.2) is 0 Å². The van der Waals surface area contributed by atoms with Crippen LogP contribution in [0.4, 0.5) is 22.0 Å². The maximum Gasteiger partial charge on any atom is 0.416 e. The van der Waals surface area contributed by atoms with Crippen molar-refractivity contribution in [1.82, 2.24) is 15.5 Å². The number of amides is 2. The average Bonchev–Trinajstić information content (AvgIpc) is 3.62. The number of carbonyl (C=O) groups excluding carboxylic acids is 2. The van der Waals surface area contributed by atoms with Crippen LogP contribution in [0, 0.1) is 17.6 Å². The molecule has 2 amide bonds. The van der Waals surface area contributed by atoms with Crippen LogP contribution in [0.1, 0.15) is 35.1 Å². The van der Waals surface area contributed by atoms with Crippen LogP contribution >= 0.6 is 0 Å². The smallest absolute Gasteiger partial charge is 0.389 e. The summed E-state index contributed by atoms with van der Waals surface area (Å²) in [6.07, 6.45) is -5.62. The van der Waals surface area contributed by atoms with E-state index in [4.69, 9.17) is 4.74 Å². The quantitative estimate of drug-likeness (QED) is 0.274. The Morgan fingerprint density at radius 1 is 1.00 bits per heavy atom. The van der Waals surface area contributed by atoms with Crippen molar-refractivity contribution in [2.75, 3.05) is 13.1 Å². The molecule has 45 heavy (non-hydrogen) atoms. The predicted molar refractivity (Wildman–Crippen MR) is 154 cm³/mol. The van der Waals surface area contributed by atoms with E-state index in [1.54, 1.807) is 0 Å². The first-order valence-electron chi connectivity index (χ1n) is 14.7. The number of alkyl halides is 3. The lowest BCUT2D eigenvalue weighted by molar-refractivity contribution is -0.137. The molecular weight excluding hydrogens is 597 g/mol. The summed E-state index contributed by atoms with van der Waals surface area (Å²) in [6.45, 7) is 0.906. The van der Waals surface area contributed by atoms with Gasteiger partial charge in [0.25, 0.3) is 0 Å². The molecule has 2 aliphatic rings. The number of hydrogen-bond acceptors (Lipinski definition) is 5. The number of hydrogen-bond donors (Lipinski definition) is 3. The molecule has 5 atom stereocenters. The van der Waals surface area contributed by atoms with Gasteiger partial charge in [0.1, 0.15) is 11.6 Å². The van der Waals surface area contributed by atoms with Gasteiger partial charge in [-0.25, -0.2) is 8.78 Å². The van der Waals surface area contributed by atoms with Gasteiger partial charge < -0.3 is 25.4 Å². The minimum atomic E-state index is -4.48. The van der Waals surface area contributed by atoms with E-state index in [1.165, 1.54) is 17.0 Å². The molecule has 2 aliphatic heterocycles. The fourth-order valence-corrected chi connectivity index (χ4v) is 5.85. The number of likely N-dealkylation sites (tertiary alicyclic amines) is 1. The van der Waals surface area contributed by atoms with Gasteiger partial charge in [0, 0.05) is 38.2 Å². The van der Waals surface area contributed by atoms with Crippen molar-refractivity contribution in [2.45, 2.75) is 62.9 Å². The van der Waals surface area contributed by atoms with Gasteiger partial charge in [-0.05, 0) is 53.8 Å². The summed E-state index contributed by atoms with van der Waals surface area (Å²) in [5.74, 6) is -3.23. The first kappa shape index (κ1) is 32.5. The summed E-state index contributed by atoms with van der Waals surface area (Å²) in [6, 6.07) is 15.6. The molecule has 7 nitrogen and oxygen atoms in total. The van der Waals surface area contributed by atoms with Crippen LogP contribution in [-0.4, -0.2) is 59.2 Å². The molecule has 1 unspecified atom stereocenters. The largest absolute Gasteiger partial charge is 0.416 e. The molecule has 12 heteroatoms. The van der Waals surface area contributed by atoms with Crippen LogP contribution in [0.15, 0.2) is 72.8 Å². The number of halogens is 5. The number of rotatable bonds is 11. The Morgan fingerprint density at radius 3 is 2.36 bits per heavy atom. The Balaban J connectivity index is 1.23. The number of benzene rings is 3. The normalized spacial score (nSPS) is 21.6. The second-order valence-electron chi connectivity index (χ2n) is 11.6. The molecule has 2 fully saturated rings. The van der Waals surface area contributed by atoms with E-state index in [1.807, 2.05) is 30.3 Å². The lowest BCUT2D eigenvalue weighted by atomic mass is 9.94. The molecule has 0 aliphatic carbocycles. The van der Waals surface area contributed by atoms with E-state index >= 15 is 0 Å². The summed E-state index contributed by atoms with van der Waals surface area (Å²) in [4.78, 5) is 27.5. The standard InChI is InChI=1S/C33H34F5N3O4/c34-25-10-22(11-26(35)14-25)12-29(31(43)28-15-27(16-39-28)45-19-21-4-2-1-3-5-21)40-32(44)23-13-30(42)41(18-23)17-20-6-8-24(9-7-20)33(36,37)38/h1-11,14,23,27-29,31,39,43H,12-13,15-19H2,(H,40,44)/t23?,27-,28-,29+,31-/m1/s1. The summed E-state index contributed by atoms with van der Waals surface area (Å²) >= 11 is 0. The van der Waals surface area contributed by atoms with Crippen molar-refractivity contribution in [3.63, 3.8) is 0 Å². The zero-order valence-corrected chi connectivity index (χ0v) is 24.3. The van der Waals surface area contributed by atoms with Crippen LogP contribution in [0.5, 0.6) is 0 Å². The van der Waals surface area contributed by atoms with Gasteiger partial charge in [-0.15, -0.1) is 0 Å². The number of aliphatic hydroxyl groups is 1. The Hall–Kier alpha value is -3.87. The highest BCUT2D eigenvalue weighted by molar-refractivity contribution is 5.89. The highest BCUT2D eigenvalue weighted by Crippen LogP contribution is 2.30. The molecule has 3 N–H and O–H groups in total. The number of aliphatic hydroxyl groups excluding tert-OH is 1. The van der Waals surface area contributed by atoms with Gasteiger partial charge in [-0.2, -0.15) is 13.2 Å². The molecule has 0 bridgehead atoms. The van der Waals surface area contributed by atoms with Crippen LogP contribution < -0.4 is 10.6 Å². The topological polar surface area (TPSA) is 90.9 Å².